The Morgan fingerprint density at radius 3 is 2.79 bits per heavy atom. The zero-order valence-electron chi connectivity index (χ0n) is 11.0. The maximum atomic E-state index is 12.3. The molecule has 1 unspecified atom stereocenters. The van der Waals surface area contributed by atoms with Crippen LogP contribution in [0.25, 0.3) is 0 Å². The van der Waals surface area contributed by atoms with E-state index in [2.05, 4.69) is 0 Å². The molecule has 1 heterocycles. The molecule has 0 fully saturated rings. The number of furan rings is 1. The Morgan fingerprint density at radius 1 is 1.37 bits per heavy atom. The summed E-state index contributed by atoms with van der Waals surface area (Å²) in [7, 11) is 1.90. The monoisotopic (exact) mass is 277 g/mol. The second kappa shape index (κ2) is 6.04. The van der Waals surface area contributed by atoms with E-state index in [1.54, 1.807) is 30.5 Å². The van der Waals surface area contributed by atoms with Gasteiger partial charge in [-0.25, -0.2) is 0 Å². The van der Waals surface area contributed by atoms with Crippen molar-refractivity contribution >= 4 is 17.4 Å². The molecule has 0 amide bonds. The van der Waals surface area contributed by atoms with Crippen molar-refractivity contribution in [2.75, 3.05) is 7.05 Å². The average molecular weight is 278 g/mol. The van der Waals surface area contributed by atoms with Gasteiger partial charge in [-0.2, -0.15) is 0 Å². The molecule has 2 aromatic rings. The van der Waals surface area contributed by atoms with Gasteiger partial charge in [-0.1, -0.05) is 23.7 Å². The summed E-state index contributed by atoms with van der Waals surface area (Å²) in [6.45, 7) is 2.48. The summed E-state index contributed by atoms with van der Waals surface area (Å²) in [5.41, 5.74) is 0.631. The second-order valence-electron chi connectivity index (χ2n) is 4.55. The van der Waals surface area contributed by atoms with E-state index in [0.717, 1.165) is 5.76 Å². The first kappa shape index (κ1) is 13.8. The Labute approximate surface area is 117 Å². The van der Waals surface area contributed by atoms with Crippen LogP contribution in [0.5, 0.6) is 0 Å². The van der Waals surface area contributed by atoms with E-state index >= 15 is 0 Å². The van der Waals surface area contributed by atoms with Crippen molar-refractivity contribution in [3.63, 3.8) is 0 Å². The minimum atomic E-state index is -0.233. The number of carbonyl (C=O) groups excluding carboxylic acids is 1. The van der Waals surface area contributed by atoms with Crippen LogP contribution in [0.2, 0.25) is 5.02 Å². The van der Waals surface area contributed by atoms with Crippen LogP contribution in [0.4, 0.5) is 0 Å². The first-order valence-electron chi connectivity index (χ1n) is 6.10. The fraction of sp³-hybridized carbons (Fsp3) is 0.267. The number of likely N-dealkylation sites (N-methyl/N-ethyl adjacent to an activating group) is 1. The molecule has 1 atom stereocenters. The van der Waals surface area contributed by atoms with Gasteiger partial charge in [0.1, 0.15) is 5.76 Å². The molecule has 3 nitrogen and oxygen atoms in total. The number of hydrogen-bond donors (Lipinski definition) is 0. The fourth-order valence-corrected chi connectivity index (χ4v) is 2.06. The van der Waals surface area contributed by atoms with E-state index < -0.39 is 0 Å². The summed E-state index contributed by atoms with van der Waals surface area (Å²) in [6, 6.07) is 10.5. The van der Waals surface area contributed by atoms with Crippen LogP contribution < -0.4 is 0 Å². The summed E-state index contributed by atoms with van der Waals surface area (Å²) in [5, 5.41) is 0.576. The number of hydrogen-bond acceptors (Lipinski definition) is 3. The fourth-order valence-electron chi connectivity index (χ4n) is 1.87. The van der Waals surface area contributed by atoms with Crippen LogP contribution in [-0.4, -0.2) is 23.8 Å². The zero-order chi connectivity index (χ0) is 13.8. The largest absolute Gasteiger partial charge is 0.468 e. The lowest BCUT2D eigenvalue weighted by molar-refractivity contribution is 0.0855. The van der Waals surface area contributed by atoms with Crippen LogP contribution in [-0.2, 0) is 6.54 Å². The van der Waals surface area contributed by atoms with Crippen LogP contribution in [0, 0.1) is 0 Å². The highest BCUT2D eigenvalue weighted by Gasteiger charge is 2.20. The smallest absolute Gasteiger partial charge is 0.179 e. The molecular weight excluding hydrogens is 262 g/mol. The molecular formula is C15H16ClNO2. The minimum Gasteiger partial charge on any atom is -0.468 e. The van der Waals surface area contributed by atoms with Gasteiger partial charge in [0.15, 0.2) is 5.78 Å². The van der Waals surface area contributed by atoms with Gasteiger partial charge in [0.2, 0.25) is 0 Å². The van der Waals surface area contributed by atoms with Gasteiger partial charge in [0.25, 0.3) is 0 Å². The average Bonchev–Trinajstić information content (AvgIpc) is 2.89. The highest BCUT2D eigenvalue weighted by Crippen LogP contribution is 2.15. The quantitative estimate of drug-likeness (QED) is 0.783. The van der Waals surface area contributed by atoms with E-state index in [0.29, 0.717) is 17.1 Å². The molecule has 0 N–H and O–H groups in total. The lowest BCUT2D eigenvalue weighted by atomic mass is 10.0. The Bertz CT molecular complexity index is 551. The molecule has 1 aromatic carbocycles. The van der Waals surface area contributed by atoms with Crippen molar-refractivity contribution < 1.29 is 9.21 Å². The van der Waals surface area contributed by atoms with Crippen molar-refractivity contribution in [1.29, 1.82) is 0 Å². The van der Waals surface area contributed by atoms with E-state index in [4.69, 9.17) is 16.0 Å². The van der Waals surface area contributed by atoms with Crippen LogP contribution in [0.15, 0.2) is 47.1 Å². The molecule has 100 valence electrons. The Balaban J connectivity index is 2.06. The van der Waals surface area contributed by atoms with Gasteiger partial charge in [-0.05, 0) is 38.2 Å². The first-order chi connectivity index (χ1) is 9.08. The number of rotatable bonds is 5. The molecule has 0 radical (unpaired) electrons. The molecule has 4 heteroatoms. The van der Waals surface area contributed by atoms with Gasteiger partial charge in [0, 0.05) is 10.6 Å². The number of Topliss-reactive ketones (excluding diaryl/α,β-unsaturated/α-hetero) is 1. The van der Waals surface area contributed by atoms with Gasteiger partial charge < -0.3 is 4.42 Å². The van der Waals surface area contributed by atoms with Crippen LogP contribution >= 0.6 is 11.6 Å². The Kier molecular flexibility index (Phi) is 4.40. The van der Waals surface area contributed by atoms with Crippen molar-refractivity contribution in [2.24, 2.45) is 0 Å². The predicted molar refractivity (Wildman–Crippen MR) is 75.4 cm³/mol. The highest BCUT2D eigenvalue weighted by molar-refractivity contribution is 6.31. The summed E-state index contributed by atoms with van der Waals surface area (Å²) in [4.78, 5) is 14.3. The van der Waals surface area contributed by atoms with Gasteiger partial charge in [-0.15, -0.1) is 0 Å². The van der Waals surface area contributed by atoms with Gasteiger partial charge >= 0.3 is 0 Å². The lowest BCUT2D eigenvalue weighted by Gasteiger charge is -2.22. The van der Waals surface area contributed by atoms with Crippen molar-refractivity contribution in [2.45, 2.75) is 19.5 Å². The zero-order valence-corrected chi connectivity index (χ0v) is 11.7. The first-order valence-corrected chi connectivity index (χ1v) is 6.48. The number of carbonyl (C=O) groups is 1. The maximum absolute atomic E-state index is 12.3. The second-order valence-corrected chi connectivity index (χ2v) is 4.98. The number of benzene rings is 1. The van der Waals surface area contributed by atoms with Crippen LogP contribution in [0.3, 0.4) is 0 Å². The molecule has 0 bridgehead atoms. The summed E-state index contributed by atoms with van der Waals surface area (Å²) in [5.74, 6) is 0.893. The summed E-state index contributed by atoms with van der Waals surface area (Å²) in [6.07, 6.45) is 1.63. The predicted octanol–water partition coefficient (Wildman–Crippen LogP) is 3.64. The molecule has 1 aromatic heterocycles. The van der Waals surface area contributed by atoms with E-state index in [-0.39, 0.29) is 11.8 Å². The van der Waals surface area contributed by atoms with E-state index in [9.17, 15) is 4.79 Å². The maximum Gasteiger partial charge on any atom is 0.179 e. The molecule has 0 aliphatic rings. The van der Waals surface area contributed by atoms with E-state index in [1.165, 1.54) is 0 Å². The van der Waals surface area contributed by atoms with Crippen molar-refractivity contribution in [3.05, 3.63) is 59.0 Å². The van der Waals surface area contributed by atoms with Crippen LogP contribution in [0.1, 0.15) is 23.0 Å². The standard InChI is InChI=1S/C15H16ClNO2/c1-11(17(2)10-14-7-4-8-19-14)15(18)12-5-3-6-13(16)9-12/h3-9,11H,10H2,1-2H3. The number of halogens is 1. The van der Waals surface area contributed by atoms with Crippen molar-refractivity contribution in [3.8, 4) is 0 Å². The third-order valence-electron chi connectivity index (χ3n) is 3.14. The number of nitrogens with zero attached hydrogens (tertiary/aromatic N) is 1. The normalized spacial score (nSPS) is 12.6. The molecule has 0 saturated carbocycles. The topological polar surface area (TPSA) is 33.5 Å². The Hall–Kier alpha value is -1.58. The highest BCUT2D eigenvalue weighted by atomic mass is 35.5. The van der Waals surface area contributed by atoms with Crippen molar-refractivity contribution in [1.82, 2.24) is 4.90 Å². The van der Waals surface area contributed by atoms with Gasteiger partial charge in [0.05, 0.1) is 18.8 Å². The lowest BCUT2D eigenvalue weighted by Crippen LogP contribution is -2.35. The molecule has 0 aliphatic carbocycles. The SMILES string of the molecule is CC(C(=O)c1cccc(Cl)c1)N(C)Cc1ccco1. The molecule has 0 saturated heterocycles. The Morgan fingerprint density at radius 2 is 2.16 bits per heavy atom. The third-order valence-corrected chi connectivity index (χ3v) is 3.37. The van der Waals surface area contributed by atoms with E-state index in [1.807, 2.05) is 31.0 Å². The number of ketones is 1. The molecule has 0 spiro atoms. The molecule has 0 aliphatic heterocycles. The van der Waals surface area contributed by atoms with Gasteiger partial charge in [-0.3, -0.25) is 9.69 Å². The molecule has 2 rings (SSSR count). The molecule has 19 heavy (non-hydrogen) atoms. The minimum absolute atomic E-state index is 0.0524. The summed E-state index contributed by atoms with van der Waals surface area (Å²) >= 11 is 5.91. The summed E-state index contributed by atoms with van der Waals surface area (Å²) < 4.78 is 5.28. The third kappa shape index (κ3) is 3.46.